The minimum Gasteiger partial charge on any atom is -0.469 e. The maximum absolute atomic E-state index is 5.57. The molecule has 1 aliphatic carbocycles. The van der Waals surface area contributed by atoms with Crippen LogP contribution >= 0.6 is 0 Å². The quantitative estimate of drug-likeness (QED) is 0.915. The van der Waals surface area contributed by atoms with Crippen LogP contribution in [-0.2, 0) is 13.0 Å². The molecule has 1 heterocycles. The van der Waals surface area contributed by atoms with Crippen molar-refractivity contribution in [3.05, 3.63) is 53.5 Å². The second-order valence-electron chi connectivity index (χ2n) is 5.78. The highest BCUT2D eigenvalue weighted by Gasteiger charge is 2.22. The molecule has 3 rings (SSSR count). The smallest absolute Gasteiger partial charge is 0.109 e. The van der Waals surface area contributed by atoms with Gasteiger partial charge < -0.3 is 14.6 Å². The summed E-state index contributed by atoms with van der Waals surface area (Å²) in [5.74, 6) is 1.15. The second kappa shape index (κ2) is 5.71. The monoisotopic (exact) mass is 270 g/mol. The topological polar surface area (TPSA) is 28.4 Å². The highest BCUT2D eigenvalue weighted by Crippen LogP contribution is 2.34. The van der Waals surface area contributed by atoms with Crippen molar-refractivity contribution in [3.8, 4) is 0 Å². The standard InChI is InChI=1S/C17H22N2O/c1-19(2)12-13-6-3-4-7-15(13)18-16-8-5-9-17-14(16)10-11-20-17/h3-4,6-7,10-11,16,18H,5,8-9,12H2,1-2H3. The van der Waals surface area contributed by atoms with Crippen molar-refractivity contribution in [2.45, 2.75) is 31.8 Å². The first kappa shape index (κ1) is 13.3. The first-order valence-corrected chi connectivity index (χ1v) is 7.29. The SMILES string of the molecule is CN(C)Cc1ccccc1NC1CCCc2occc21. The van der Waals surface area contributed by atoms with Crippen LogP contribution in [0.2, 0.25) is 0 Å². The number of nitrogens with one attached hydrogen (secondary N) is 1. The van der Waals surface area contributed by atoms with Crippen molar-refractivity contribution in [3.63, 3.8) is 0 Å². The van der Waals surface area contributed by atoms with Gasteiger partial charge in [0.15, 0.2) is 0 Å². The Morgan fingerprint density at radius 3 is 2.95 bits per heavy atom. The van der Waals surface area contributed by atoms with Crippen molar-refractivity contribution >= 4 is 5.69 Å². The third-order valence-electron chi connectivity index (χ3n) is 3.89. The molecular formula is C17H22N2O. The highest BCUT2D eigenvalue weighted by atomic mass is 16.3. The molecule has 3 nitrogen and oxygen atoms in total. The third kappa shape index (κ3) is 2.73. The molecule has 0 radical (unpaired) electrons. The third-order valence-corrected chi connectivity index (χ3v) is 3.89. The van der Waals surface area contributed by atoms with Gasteiger partial charge in [-0.3, -0.25) is 0 Å². The predicted octanol–water partition coefficient (Wildman–Crippen LogP) is 3.83. The molecule has 1 unspecified atom stereocenters. The summed E-state index contributed by atoms with van der Waals surface area (Å²) < 4.78 is 5.57. The van der Waals surface area contributed by atoms with Crippen molar-refractivity contribution in [2.75, 3.05) is 19.4 Å². The molecule has 1 aliphatic rings. The van der Waals surface area contributed by atoms with Crippen LogP contribution in [0.5, 0.6) is 0 Å². The van der Waals surface area contributed by atoms with E-state index in [1.54, 1.807) is 0 Å². The zero-order chi connectivity index (χ0) is 13.9. The molecular weight excluding hydrogens is 248 g/mol. The van der Waals surface area contributed by atoms with Gasteiger partial charge in [0.2, 0.25) is 0 Å². The predicted molar refractivity (Wildman–Crippen MR) is 81.8 cm³/mol. The normalized spacial score (nSPS) is 18.1. The van der Waals surface area contributed by atoms with Crippen LogP contribution in [0.25, 0.3) is 0 Å². The summed E-state index contributed by atoms with van der Waals surface area (Å²) in [5, 5.41) is 3.71. The number of nitrogens with zero attached hydrogens (tertiary/aromatic N) is 1. The van der Waals surface area contributed by atoms with E-state index >= 15 is 0 Å². The number of anilines is 1. The molecule has 1 atom stereocenters. The molecule has 106 valence electrons. The first-order valence-electron chi connectivity index (χ1n) is 7.29. The minimum absolute atomic E-state index is 0.376. The van der Waals surface area contributed by atoms with Gasteiger partial charge >= 0.3 is 0 Å². The number of furan rings is 1. The van der Waals surface area contributed by atoms with Crippen molar-refractivity contribution in [1.82, 2.24) is 4.90 Å². The molecule has 1 aromatic heterocycles. The second-order valence-corrected chi connectivity index (χ2v) is 5.78. The lowest BCUT2D eigenvalue weighted by Gasteiger charge is -2.25. The van der Waals surface area contributed by atoms with Gasteiger partial charge in [-0.05, 0) is 44.6 Å². The van der Waals surface area contributed by atoms with Crippen LogP contribution in [0.3, 0.4) is 0 Å². The molecule has 3 heteroatoms. The first-order chi connectivity index (χ1) is 9.74. The number of hydrogen-bond donors (Lipinski definition) is 1. The lowest BCUT2D eigenvalue weighted by atomic mass is 9.93. The van der Waals surface area contributed by atoms with Crippen molar-refractivity contribution in [1.29, 1.82) is 0 Å². The number of aryl methyl sites for hydroxylation is 1. The molecule has 2 aromatic rings. The Balaban J connectivity index is 1.82. The molecule has 0 amide bonds. The van der Waals surface area contributed by atoms with E-state index in [0.717, 1.165) is 18.7 Å². The largest absolute Gasteiger partial charge is 0.469 e. The van der Waals surface area contributed by atoms with Crippen LogP contribution in [0, 0.1) is 0 Å². The Morgan fingerprint density at radius 1 is 1.25 bits per heavy atom. The fourth-order valence-corrected chi connectivity index (χ4v) is 2.96. The molecule has 0 saturated heterocycles. The number of hydrogen-bond acceptors (Lipinski definition) is 3. The number of para-hydroxylation sites is 1. The van der Waals surface area contributed by atoms with Crippen molar-refractivity contribution in [2.24, 2.45) is 0 Å². The Hall–Kier alpha value is -1.74. The average molecular weight is 270 g/mol. The minimum atomic E-state index is 0.376. The summed E-state index contributed by atoms with van der Waals surface area (Å²) in [6.07, 6.45) is 5.24. The maximum Gasteiger partial charge on any atom is 0.109 e. The van der Waals surface area contributed by atoms with Gasteiger partial charge in [-0.2, -0.15) is 0 Å². The zero-order valence-electron chi connectivity index (χ0n) is 12.2. The Morgan fingerprint density at radius 2 is 2.10 bits per heavy atom. The van der Waals surface area contributed by atoms with E-state index in [1.165, 1.54) is 29.7 Å². The van der Waals surface area contributed by atoms with Gasteiger partial charge in [0.25, 0.3) is 0 Å². The van der Waals surface area contributed by atoms with Crippen LogP contribution in [-0.4, -0.2) is 19.0 Å². The van der Waals surface area contributed by atoms with E-state index in [2.05, 4.69) is 54.6 Å². The molecule has 20 heavy (non-hydrogen) atoms. The maximum atomic E-state index is 5.57. The molecule has 1 aromatic carbocycles. The van der Waals surface area contributed by atoms with Crippen LogP contribution in [0.1, 0.15) is 35.8 Å². The molecule has 0 fully saturated rings. The fraction of sp³-hybridized carbons (Fsp3) is 0.412. The summed E-state index contributed by atoms with van der Waals surface area (Å²) in [4.78, 5) is 2.20. The van der Waals surface area contributed by atoms with Crippen molar-refractivity contribution < 1.29 is 4.42 Å². The van der Waals surface area contributed by atoms with E-state index in [1.807, 2.05) is 6.26 Å². The van der Waals surface area contributed by atoms with Crippen LogP contribution in [0.4, 0.5) is 5.69 Å². The van der Waals surface area contributed by atoms with E-state index < -0.39 is 0 Å². The Labute approximate surface area is 120 Å². The molecule has 1 N–H and O–H groups in total. The van der Waals surface area contributed by atoms with Gasteiger partial charge in [-0.1, -0.05) is 18.2 Å². The van der Waals surface area contributed by atoms with Crippen LogP contribution in [0.15, 0.2) is 41.0 Å². The Kier molecular flexibility index (Phi) is 3.79. The number of rotatable bonds is 4. The van der Waals surface area contributed by atoms with E-state index in [-0.39, 0.29) is 0 Å². The lowest BCUT2D eigenvalue weighted by molar-refractivity contribution is 0.402. The molecule has 0 saturated carbocycles. The number of fused-ring (bicyclic) bond motifs is 1. The summed E-state index contributed by atoms with van der Waals surface area (Å²) in [6, 6.07) is 11.1. The average Bonchev–Trinajstić information content (AvgIpc) is 2.90. The zero-order valence-corrected chi connectivity index (χ0v) is 12.2. The fourth-order valence-electron chi connectivity index (χ4n) is 2.96. The summed E-state index contributed by atoms with van der Waals surface area (Å²) >= 11 is 0. The molecule has 0 bridgehead atoms. The van der Waals surface area contributed by atoms with Gasteiger partial charge in [0.1, 0.15) is 5.76 Å². The summed E-state index contributed by atoms with van der Waals surface area (Å²) in [6.45, 7) is 0.953. The van der Waals surface area contributed by atoms with E-state index in [4.69, 9.17) is 4.42 Å². The number of benzene rings is 1. The molecule has 0 aliphatic heterocycles. The van der Waals surface area contributed by atoms with Gasteiger partial charge in [-0.25, -0.2) is 0 Å². The summed E-state index contributed by atoms with van der Waals surface area (Å²) in [7, 11) is 4.21. The van der Waals surface area contributed by atoms with Crippen LogP contribution < -0.4 is 5.32 Å². The summed E-state index contributed by atoms with van der Waals surface area (Å²) in [5.41, 5.74) is 3.91. The Bertz CT molecular complexity index is 574. The highest BCUT2D eigenvalue weighted by molar-refractivity contribution is 5.53. The lowest BCUT2D eigenvalue weighted by Crippen LogP contribution is -2.18. The van der Waals surface area contributed by atoms with Gasteiger partial charge in [0, 0.05) is 24.2 Å². The van der Waals surface area contributed by atoms with Gasteiger partial charge in [-0.15, -0.1) is 0 Å². The van der Waals surface area contributed by atoms with E-state index in [9.17, 15) is 0 Å². The van der Waals surface area contributed by atoms with E-state index in [0.29, 0.717) is 6.04 Å². The van der Waals surface area contributed by atoms with Gasteiger partial charge in [0.05, 0.1) is 12.3 Å². The molecule has 0 spiro atoms.